The highest BCUT2D eigenvalue weighted by molar-refractivity contribution is 7.91. The lowest BCUT2D eigenvalue weighted by Gasteiger charge is -2.25. The fraction of sp³-hybridized carbons (Fsp3) is 0.900. The van der Waals surface area contributed by atoms with E-state index in [2.05, 4.69) is 4.74 Å². The molecule has 9 heteroatoms. The van der Waals surface area contributed by atoms with E-state index in [1.807, 2.05) is 0 Å². The van der Waals surface area contributed by atoms with Crippen molar-refractivity contribution in [1.29, 1.82) is 0 Å². The molecule has 0 spiro atoms. The Morgan fingerprint density at radius 2 is 1.79 bits per heavy atom. The number of halogens is 3. The van der Waals surface area contributed by atoms with Gasteiger partial charge in [-0.1, -0.05) is 0 Å². The third-order valence-electron chi connectivity index (χ3n) is 2.72. The first-order chi connectivity index (χ1) is 8.68. The van der Waals surface area contributed by atoms with Crippen LogP contribution in [0.5, 0.6) is 0 Å². The summed E-state index contributed by atoms with van der Waals surface area (Å²) in [7, 11) is -2.97. The Morgan fingerprint density at radius 1 is 1.21 bits per heavy atom. The summed E-state index contributed by atoms with van der Waals surface area (Å²) < 4.78 is 62.1. The van der Waals surface area contributed by atoms with Crippen LogP contribution in [0.15, 0.2) is 0 Å². The second-order valence-corrected chi connectivity index (χ2v) is 6.63. The zero-order chi connectivity index (χ0) is 14.5. The lowest BCUT2D eigenvalue weighted by atomic mass is 10.3. The first-order valence-electron chi connectivity index (χ1n) is 5.83. The molecule has 0 amide bonds. The fourth-order valence-corrected chi connectivity index (χ4v) is 2.85. The zero-order valence-corrected chi connectivity index (χ0v) is 11.1. The van der Waals surface area contributed by atoms with Crippen LogP contribution in [-0.4, -0.2) is 63.2 Å². The molecule has 1 fully saturated rings. The van der Waals surface area contributed by atoms with Crippen LogP contribution in [0.1, 0.15) is 12.8 Å². The number of hydrogen-bond donors (Lipinski definition) is 0. The van der Waals surface area contributed by atoms with Crippen molar-refractivity contribution in [3.63, 3.8) is 0 Å². The first kappa shape index (κ1) is 16.2. The van der Waals surface area contributed by atoms with E-state index in [0.717, 1.165) is 0 Å². The smallest absolute Gasteiger partial charge is 0.392 e. The van der Waals surface area contributed by atoms with Gasteiger partial charge in [-0.2, -0.15) is 13.2 Å². The number of hydrogen-bond acceptors (Lipinski definition) is 5. The molecular formula is C10H16F3NO4S. The van der Waals surface area contributed by atoms with Gasteiger partial charge in [0, 0.05) is 19.6 Å². The van der Waals surface area contributed by atoms with Crippen LogP contribution in [0.3, 0.4) is 0 Å². The monoisotopic (exact) mass is 303 g/mol. The molecule has 1 heterocycles. The predicted octanol–water partition coefficient (Wildman–Crippen LogP) is 0.603. The van der Waals surface area contributed by atoms with E-state index in [1.165, 1.54) is 0 Å². The molecule has 0 N–H and O–H groups in total. The molecule has 0 unspecified atom stereocenters. The quantitative estimate of drug-likeness (QED) is 0.696. The number of ether oxygens (including phenoxy) is 1. The second-order valence-electron chi connectivity index (χ2n) is 4.33. The molecule has 19 heavy (non-hydrogen) atoms. The van der Waals surface area contributed by atoms with Gasteiger partial charge in [0.2, 0.25) is 0 Å². The van der Waals surface area contributed by atoms with Gasteiger partial charge in [0.05, 0.1) is 31.0 Å². The maximum atomic E-state index is 11.8. The average Bonchev–Trinajstić information content (AvgIpc) is 2.26. The van der Waals surface area contributed by atoms with Gasteiger partial charge in [-0.05, 0) is 0 Å². The maximum Gasteiger partial charge on any atom is 0.392 e. The van der Waals surface area contributed by atoms with E-state index in [4.69, 9.17) is 0 Å². The largest absolute Gasteiger partial charge is 0.465 e. The summed E-state index contributed by atoms with van der Waals surface area (Å²) in [5.74, 6) is -0.593. The van der Waals surface area contributed by atoms with Crippen molar-refractivity contribution in [2.45, 2.75) is 19.0 Å². The van der Waals surface area contributed by atoms with E-state index in [9.17, 15) is 26.4 Å². The van der Waals surface area contributed by atoms with E-state index >= 15 is 0 Å². The van der Waals surface area contributed by atoms with Crippen molar-refractivity contribution in [3.8, 4) is 0 Å². The summed E-state index contributed by atoms with van der Waals surface area (Å²) in [4.78, 5) is 12.9. The summed E-state index contributed by atoms with van der Waals surface area (Å²) in [5.41, 5.74) is 0. The summed E-state index contributed by atoms with van der Waals surface area (Å²) >= 11 is 0. The zero-order valence-electron chi connectivity index (χ0n) is 10.3. The van der Waals surface area contributed by atoms with Crippen molar-refractivity contribution < 1.29 is 31.1 Å². The van der Waals surface area contributed by atoms with Crippen LogP contribution in [0.4, 0.5) is 13.2 Å². The van der Waals surface area contributed by atoms with Crippen LogP contribution in [0.25, 0.3) is 0 Å². The lowest BCUT2D eigenvalue weighted by Crippen LogP contribution is -2.41. The minimum absolute atomic E-state index is 0.0299. The van der Waals surface area contributed by atoms with Crippen LogP contribution < -0.4 is 0 Å². The Labute approximate surface area is 109 Å². The van der Waals surface area contributed by atoms with Gasteiger partial charge in [0.1, 0.15) is 0 Å². The van der Waals surface area contributed by atoms with Crippen LogP contribution in [0, 0.1) is 0 Å². The summed E-state index contributed by atoms with van der Waals surface area (Å²) in [6, 6.07) is 0. The first-order valence-corrected chi connectivity index (χ1v) is 7.65. The van der Waals surface area contributed by atoms with Crippen LogP contribution in [0.2, 0.25) is 0 Å². The van der Waals surface area contributed by atoms with Crippen molar-refractivity contribution >= 4 is 15.8 Å². The van der Waals surface area contributed by atoms with Gasteiger partial charge in [-0.15, -0.1) is 0 Å². The van der Waals surface area contributed by atoms with Gasteiger partial charge < -0.3 is 9.64 Å². The second kappa shape index (κ2) is 6.56. The normalized spacial score (nSPS) is 20.2. The fourth-order valence-electron chi connectivity index (χ4n) is 1.58. The summed E-state index contributed by atoms with van der Waals surface area (Å²) in [6.07, 6.45) is -5.51. The Balaban J connectivity index is 2.14. The summed E-state index contributed by atoms with van der Waals surface area (Å²) in [5, 5.41) is 0. The third-order valence-corrected chi connectivity index (χ3v) is 4.33. The Kier molecular flexibility index (Phi) is 5.60. The third kappa shape index (κ3) is 7.36. The number of alkyl halides is 3. The Morgan fingerprint density at radius 3 is 2.32 bits per heavy atom. The molecule has 1 aliphatic heterocycles. The Hall–Kier alpha value is -0.830. The molecule has 0 aromatic rings. The number of carbonyl (C=O) groups excluding carboxylic acids is 1. The molecule has 5 nitrogen and oxygen atoms in total. The van der Waals surface area contributed by atoms with Gasteiger partial charge in [-0.3, -0.25) is 4.79 Å². The molecule has 1 saturated heterocycles. The Bertz CT molecular complexity index is 393. The molecule has 0 saturated carbocycles. The van der Waals surface area contributed by atoms with E-state index in [0.29, 0.717) is 19.6 Å². The number of carbonyl (C=O) groups is 1. The predicted molar refractivity (Wildman–Crippen MR) is 61.3 cm³/mol. The molecule has 1 aliphatic rings. The van der Waals surface area contributed by atoms with Crippen molar-refractivity contribution in [3.05, 3.63) is 0 Å². The van der Waals surface area contributed by atoms with Crippen molar-refractivity contribution in [2.24, 2.45) is 0 Å². The highest BCUT2D eigenvalue weighted by atomic mass is 32.2. The highest BCUT2D eigenvalue weighted by Crippen LogP contribution is 2.19. The molecular weight excluding hydrogens is 287 g/mol. The lowest BCUT2D eigenvalue weighted by molar-refractivity contribution is -0.159. The average molecular weight is 303 g/mol. The molecule has 112 valence electrons. The minimum atomic E-state index is -4.33. The van der Waals surface area contributed by atoms with Gasteiger partial charge >= 0.3 is 12.1 Å². The number of nitrogens with zero attached hydrogens (tertiary/aromatic N) is 1. The van der Waals surface area contributed by atoms with Gasteiger partial charge in [-0.25, -0.2) is 8.42 Å². The molecule has 0 aromatic heterocycles. The maximum absolute atomic E-state index is 11.8. The number of rotatable bonds is 5. The van der Waals surface area contributed by atoms with Crippen LogP contribution >= 0.6 is 0 Å². The molecule has 0 atom stereocenters. The molecule has 0 aromatic carbocycles. The molecule has 0 bridgehead atoms. The summed E-state index contributed by atoms with van der Waals surface area (Å²) in [6.45, 7) is 0.327. The number of sulfone groups is 1. The molecule has 0 aliphatic carbocycles. The molecule has 1 rings (SSSR count). The highest BCUT2D eigenvalue weighted by Gasteiger charge is 2.27. The minimum Gasteiger partial charge on any atom is -0.465 e. The van der Waals surface area contributed by atoms with E-state index in [-0.39, 0.29) is 17.9 Å². The van der Waals surface area contributed by atoms with Crippen molar-refractivity contribution in [1.82, 2.24) is 4.90 Å². The van der Waals surface area contributed by atoms with Crippen LogP contribution in [-0.2, 0) is 19.4 Å². The standard InChI is InChI=1S/C10H16F3NO4S/c11-10(12,13)2-6-18-9(15)1-3-14-4-7-19(16,17)8-5-14/h1-8H2. The van der Waals surface area contributed by atoms with Gasteiger partial charge in [0.25, 0.3) is 0 Å². The van der Waals surface area contributed by atoms with Crippen molar-refractivity contribution in [2.75, 3.05) is 37.7 Å². The number of esters is 1. The van der Waals surface area contributed by atoms with E-state index in [1.54, 1.807) is 4.90 Å². The van der Waals surface area contributed by atoms with E-state index < -0.39 is 35.0 Å². The SMILES string of the molecule is O=C(CCN1CCS(=O)(=O)CC1)OCCC(F)(F)F. The van der Waals surface area contributed by atoms with Gasteiger partial charge in [0.15, 0.2) is 9.84 Å². The topological polar surface area (TPSA) is 63.7 Å². The molecule has 0 radical (unpaired) electrons.